The van der Waals surface area contributed by atoms with Gasteiger partial charge < -0.3 is 9.47 Å². The van der Waals surface area contributed by atoms with E-state index in [2.05, 4.69) is 13.8 Å². The fourth-order valence-corrected chi connectivity index (χ4v) is 3.13. The molecule has 0 saturated heterocycles. The van der Waals surface area contributed by atoms with Gasteiger partial charge in [-0.25, -0.2) is 9.59 Å². The summed E-state index contributed by atoms with van der Waals surface area (Å²) in [7, 11) is 0. The van der Waals surface area contributed by atoms with Gasteiger partial charge in [0.1, 0.15) is 11.5 Å². The van der Waals surface area contributed by atoms with Crippen LogP contribution >= 0.6 is 46.4 Å². The molecule has 0 fully saturated rings. The fourth-order valence-electron chi connectivity index (χ4n) is 2.95. The zero-order chi connectivity index (χ0) is 22.3. The van der Waals surface area contributed by atoms with Crippen LogP contribution in [-0.2, 0) is 9.59 Å². The van der Waals surface area contributed by atoms with Crippen molar-refractivity contribution in [2.75, 3.05) is 0 Å². The van der Waals surface area contributed by atoms with Crippen LogP contribution in [0.25, 0.3) is 11.1 Å². The second kappa shape index (κ2) is 11.6. The summed E-state index contributed by atoms with van der Waals surface area (Å²) in [6.45, 7) is 4.14. The third-order valence-electron chi connectivity index (χ3n) is 4.27. The van der Waals surface area contributed by atoms with E-state index in [1.165, 1.54) is 0 Å². The third kappa shape index (κ3) is 6.64. The molecule has 0 bridgehead atoms. The summed E-state index contributed by atoms with van der Waals surface area (Å²) >= 11 is 22.0. The summed E-state index contributed by atoms with van der Waals surface area (Å²) in [5, 5.41) is 0. The molecule has 2 aromatic rings. The number of alkyl halides is 4. The molecule has 8 heteroatoms. The van der Waals surface area contributed by atoms with Crippen LogP contribution in [0.3, 0.4) is 0 Å². The van der Waals surface area contributed by atoms with Gasteiger partial charge in [-0.05, 0) is 59.4 Å². The topological polar surface area (TPSA) is 52.6 Å². The van der Waals surface area contributed by atoms with Crippen molar-refractivity contribution < 1.29 is 19.1 Å². The van der Waals surface area contributed by atoms with Crippen LogP contribution in [0.5, 0.6) is 11.5 Å². The minimum atomic E-state index is -1.23. The molecule has 0 radical (unpaired) electrons. The summed E-state index contributed by atoms with van der Waals surface area (Å²) in [6, 6.07) is 14.3. The molecule has 0 atom stereocenters. The zero-order valence-corrected chi connectivity index (χ0v) is 19.4. The standard InChI is InChI=1S/C22H20Cl4O4/c1-3-17(13-5-9-15(10-6-13)29-21(27)19(23)24)18(4-2)14-7-11-16(12-8-14)30-22(28)20(25)26/h5-12,19-20H,3-4H2,1-2H3/b18-17-. The van der Waals surface area contributed by atoms with Gasteiger partial charge in [0.25, 0.3) is 0 Å². The fraction of sp³-hybridized carbons (Fsp3) is 0.273. The van der Waals surface area contributed by atoms with Crippen LogP contribution in [0, 0.1) is 0 Å². The van der Waals surface area contributed by atoms with Crippen molar-refractivity contribution in [2.24, 2.45) is 0 Å². The van der Waals surface area contributed by atoms with E-state index in [1.54, 1.807) is 24.3 Å². The van der Waals surface area contributed by atoms with Gasteiger partial charge in [-0.15, -0.1) is 0 Å². The molecule has 2 aromatic carbocycles. The van der Waals surface area contributed by atoms with Gasteiger partial charge in [0, 0.05) is 0 Å². The lowest BCUT2D eigenvalue weighted by Gasteiger charge is -2.15. The quantitative estimate of drug-likeness (QED) is 0.176. The van der Waals surface area contributed by atoms with Gasteiger partial charge >= 0.3 is 11.9 Å². The summed E-state index contributed by atoms with van der Waals surface area (Å²) < 4.78 is 10.2. The summed E-state index contributed by atoms with van der Waals surface area (Å²) in [6.07, 6.45) is 1.59. The predicted molar refractivity (Wildman–Crippen MR) is 123 cm³/mol. The highest BCUT2D eigenvalue weighted by Gasteiger charge is 2.16. The van der Waals surface area contributed by atoms with E-state index >= 15 is 0 Å². The van der Waals surface area contributed by atoms with Crippen molar-refractivity contribution in [3.05, 3.63) is 59.7 Å². The van der Waals surface area contributed by atoms with Gasteiger partial charge in [0.05, 0.1) is 0 Å². The number of halogens is 4. The first-order valence-corrected chi connectivity index (χ1v) is 10.9. The number of carbonyl (C=O) groups excluding carboxylic acids is 2. The first-order valence-electron chi connectivity index (χ1n) is 9.19. The maximum absolute atomic E-state index is 11.5. The smallest absolute Gasteiger partial charge is 0.344 e. The maximum atomic E-state index is 11.5. The lowest BCUT2D eigenvalue weighted by molar-refractivity contribution is -0.133. The van der Waals surface area contributed by atoms with Crippen molar-refractivity contribution >= 4 is 69.5 Å². The van der Waals surface area contributed by atoms with Crippen LogP contribution in [0.15, 0.2) is 48.5 Å². The van der Waals surface area contributed by atoms with E-state index < -0.39 is 21.6 Å². The predicted octanol–water partition coefficient (Wildman–Crippen LogP) is 6.84. The SMILES string of the molecule is CC/C(=C(\CC)c1ccc(OC(=O)C(Cl)Cl)cc1)c1ccc(OC(=O)C(Cl)Cl)cc1. The average molecular weight is 490 g/mol. The summed E-state index contributed by atoms with van der Waals surface area (Å²) in [5.41, 5.74) is 4.30. The molecule has 0 N–H and O–H groups in total. The molecule has 0 heterocycles. The molecule has 0 aliphatic heterocycles. The number of hydrogen-bond acceptors (Lipinski definition) is 4. The average Bonchev–Trinajstić information content (AvgIpc) is 2.73. The highest BCUT2D eigenvalue weighted by Crippen LogP contribution is 2.33. The van der Waals surface area contributed by atoms with Crippen LogP contribution in [0.1, 0.15) is 37.8 Å². The first kappa shape index (κ1) is 24.5. The zero-order valence-electron chi connectivity index (χ0n) is 16.3. The second-order valence-corrected chi connectivity index (χ2v) is 8.35. The molecule has 0 aromatic heterocycles. The Kier molecular flexibility index (Phi) is 9.50. The second-order valence-electron chi connectivity index (χ2n) is 6.16. The molecule has 160 valence electrons. The van der Waals surface area contributed by atoms with Crippen LogP contribution in [0.2, 0.25) is 0 Å². The molecule has 30 heavy (non-hydrogen) atoms. The number of rotatable bonds is 8. The maximum Gasteiger partial charge on any atom is 0.344 e. The van der Waals surface area contributed by atoms with Gasteiger partial charge in [-0.1, -0.05) is 84.5 Å². The van der Waals surface area contributed by atoms with Crippen molar-refractivity contribution in [1.82, 2.24) is 0 Å². The van der Waals surface area contributed by atoms with E-state index in [9.17, 15) is 9.59 Å². The van der Waals surface area contributed by atoms with Gasteiger partial charge in [0.2, 0.25) is 9.67 Å². The molecule has 2 rings (SSSR count). The molecule has 0 aliphatic rings. The Bertz CT molecular complexity index is 828. The van der Waals surface area contributed by atoms with Crippen LogP contribution in [-0.4, -0.2) is 21.6 Å². The lowest BCUT2D eigenvalue weighted by atomic mass is 9.91. The van der Waals surface area contributed by atoms with E-state index in [-0.39, 0.29) is 0 Å². The Morgan fingerprint density at radius 1 is 0.667 bits per heavy atom. The Hall–Kier alpha value is -1.72. The minimum absolute atomic E-state index is 0.367. The van der Waals surface area contributed by atoms with Crippen LogP contribution < -0.4 is 9.47 Å². The molecule has 4 nitrogen and oxygen atoms in total. The normalized spacial score (nSPS) is 12.0. The van der Waals surface area contributed by atoms with E-state index in [4.69, 9.17) is 55.9 Å². The van der Waals surface area contributed by atoms with Crippen LogP contribution in [0.4, 0.5) is 0 Å². The van der Waals surface area contributed by atoms with Crippen molar-refractivity contribution in [3.63, 3.8) is 0 Å². The molecule has 0 aliphatic carbocycles. The highest BCUT2D eigenvalue weighted by molar-refractivity contribution is 6.53. The molecule has 0 saturated carbocycles. The largest absolute Gasteiger partial charge is 0.425 e. The molecule has 0 unspecified atom stereocenters. The van der Waals surface area contributed by atoms with Crippen molar-refractivity contribution in [3.8, 4) is 11.5 Å². The molecular formula is C22H20Cl4O4. The minimum Gasteiger partial charge on any atom is -0.425 e. The van der Waals surface area contributed by atoms with Gasteiger partial charge in [-0.3, -0.25) is 0 Å². The first-order chi connectivity index (χ1) is 14.3. The number of ether oxygens (including phenoxy) is 2. The summed E-state index contributed by atoms with van der Waals surface area (Å²) in [5.74, 6) is -0.706. The number of allylic oxidation sites excluding steroid dienone is 2. The van der Waals surface area contributed by atoms with E-state index in [0.717, 1.165) is 35.1 Å². The van der Waals surface area contributed by atoms with E-state index in [0.29, 0.717) is 11.5 Å². The van der Waals surface area contributed by atoms with E-state index in [1.807, 2.05) is 24.3 Å². The van der Waals surface area contributed by atoms with Crippen molar-refractivity contribution in [2.45, 2.75) is 36.4 Å². The number of carbonyl (C=O) groups is 2. The highest BCUT2D eigenvalue weighted by atomic mass is 35.5. The van der Waals surface area contributed by atoms with Crippen molar-refractivity contribution in [1.29, 1.82) is 0 Å². The number of benzene rings is 2. The number of hydrogen-bond donors (Lipinski definition) is 0. The number of esters is 2. The molecule has 0 amide bonds. The Morgan fingerprint density at radius 3 is 1.20 bits per heavy atom. The molecule has 0 spiro atoms. The summed E-state index contributed by atoms with van der Waals surface area (Å²) in [4.78, 5) is 20.6. The molecular weight excluding hydrogens is 470 g/mol. The van der Waals surface area contributed by atoms with Gasteiger partial charge in [-0.2, -0.15) is 0 Å². The Morgan fingerprint density at radius 2 is 0.967 bits per heavy atom. The lowest BCUT2D eigenvalue weighted by Crippen LogP contribution is -2.15. The Labute approximate surface area is 195 Å². The Balaban J connectivity index is 2.29. The van der Waals surface area contributed by atoms with Gasteiger partial charge in [0.15, 0.2) is 0 Å². The third-order valence-corrected chi connectivity index (χ3v) is 4.98. The monoisotopic (exact) mass is 488 g/mol.